The molecule has 24 heavy (non-hydrogen) atoms. The molecular weight excluding hydrogens is 302 g/mol. The first-order valence-electron chi connectivity index (χ1n) is 8.16. The van der Waals surface area contributed by atoms with Crippen molar-refractivity contribution in [2.75, 3.05) is 18.6 Å². The number of ketones is 1. The molecule has 0 fully saturated rings. The number of amides is 1. The molecule has 2 aromatic rings. The Hall–Kier alpha value is -2.62. The molecule has 1 heterocycles. The van der Waals surface area contributed by atoms with Crippen molar-refractivity contribution in [3.8, 4) is 5.75 Å². The third-order valence-electron chi connectivity index (χ3n) is 4.48. The van der Waals surface area contributed by atoms with Gasteiger partial charge >= 0.3 is 0 Å². The van der Waals surface area contributed by atoms with Crippen LogP contribution in [0.4, 0.5) is 5.69 Å². The van der Waals surface area contributed by atoms with Gasteiger partial charge < -0.3 is 9.64 Å². The van der Waals surface area contributed by atoms with Gasteiger partial charge in [-0.1, -0.05) is 18.2 Å². The minimum atomic E-state index is 0.0544. The molecule has 1 amide bonds. The van der Waals surface area contributed by atoms with E-state index in [9.17, 15) is 9.59 Å². The Morgan fingerprint density at radius 2 is 1.96 bits per heavy atom. The van der Waals surface area contributed by atoms with Crippen molar-refractivity contribution in [2.45, 2.75) is 26.2 Å². The first-order valence-corrected chi connectivity index (χ1v) is 8.16. The Bertz CT molecular complexity index is 782. The van der Waals surface area contributed by atoms with Crippen molar-refractivity contribution >= 4 is 17.4 Å². The first kappa shape index (κ1) is 16.2. The van der Waals surface area contributed by atoms with Crippen molar-refractivity contribution < 1.29 is 14.3 Å². The van der Waals surface area contributed by atoms with Gasteiger partial charge in [-0.2, -0.15) is 0 Å². The maximum Gasteiger partial charge on any atom is 0.227 e. The fraction of sp³-hybridized carbons (Fsp3) is 0.300. The van der Waals surface area contributed by atoms with Crippen molar-refractivity contribution in [1.29, 1.82) is 0 Å². The molecule has 124 valence electrons. The van der Waals surface area contributed by atoms with Gasteiger partial charge in [0.2, 0.25) is 5.91 Å². The summed E-state index contributed by atoms with van der Waals surface area (Å²) in [5.74, 6) is 0.979. The number of aryl methyl sites for hydroxylation is 1. The minimum absolute atomic E-state index is 0.0544. The third kappa shape index (κ3) is 3.18. The van der Waals surface area contributed by atoms with Crippen LogP contribution < -0.4 is 9.64 Å². The van der Waals surface area contributed by atoms with Crippen LogP contribution in [0.25, 0.3) is 0 Å². The number of methoxy groups -OCH3 is 1. The molecule has 1 aliphatic heterocycles. The monoisotopic (exact) mass is 323 g/mol. The molecule has 4 nitrogen and oxygen atoms in total. The van der Waals surface area contributed by atoms with E-state index in [1.807, 2.05) is 41.3 Å². The minimum Gasteiger partial charge on any atom is -0.496 e. The molecular formula is C20H21NO3. The van der Waals surface area contributed by atoms with Crippen LogP contribution in [-0.2, 0) is 17.6 Å². The molecule has 0 aliphatic carbocycles. The van der Waals surface area contributed by atoms with Crippen LogP contribution in [0, 0.1) is 0 Å². The number of benzene rings is 2. The second kappa shape index (κ2) is 6.87. The second-order valence-electron chi connectivity index (χ2n) is 6.01. The van der Waals surface area contributed by atoms with Gasteiger partial charge in [0.25, 0.3) is 0 Å². The maximum atomic E-state index is 12.6. The zero-order valence-electron chi connectivity index (χ0n) is 14.0. The Morgan fingerprint density at radius 1 is 1.17 bits per heavy atom. The van der Waals surface area contributed by atoms with Crippen LogP contribution in [0.15, 0.2) is 42.5 Å². The van der Waals surface area contributed by atoms with E-state index in [0.717, 1.165) is 29.0 Å². The van der Waals surface area contributed by atoms with E-state index in [-0.39, 0.29) is 11.7 Å². The standard InChI is InChI=1S/C20H21NO3/c1-14(22)16-7-9-18-17(13-16)11-12-21(18)20(23)10-8-15-5-3-4-6-19(15)24-2/h3-7,9,13H,8,10-12H2,1-2H3. The highest BCUT2D eigenvalue weighted by molar-refractivity contribution is 5.98. The number of carbonyl (C=O) groups excluding carboxylic acids is 2. The molecule has 0 radical (unpaired) electrons. The molecule has 3 rings (SSSR count). The SMILES string of the molecule is COc1ccccc1CCC(=O)N1CCc2cc(C(C)=O)ccc21. The van der Waals surface area contributed by atoms with Crippen LogP contribution in [0.3, 0.4) is 0 Å². The van der Waals surface area contributed by atoms with Crippen LogP contribution in [0.5, 0.6) is 5.75 Å². The van der Waals surface area contributed by atoms with Gasteiger partial charge in [-0.3, -0.25) is 9.59 Å². The summed E-state index contributed by atoms with van der Waals surface area (Å²) in [5.41, 5.74) is 3.76. The Labute approximate surface area is 142 Å². The van der Waals surface area contributed by atoms with E-state index in [1.54, 1.807) is 20.1 Å². The predicted octanol–water partition coefficient (Wildman–Crippen LogP) is 3.42. The second-order valence-corrected chi connectivity index (χ2v) is 6.01. The summed E-state index contributed by atoms with van der Waals surface area (Å²) < 4.78 is 5.34. The molecule has 0 saturated carbocycles. The van der Waals surface area contributed by atoms with Gasteiger partial charge in [0, 0.05) is 24.2 Å². The summed E-state index contributed by atoms with van der Waals surface area (Å²) in [6, 6.07) is 13.4. The Morgan fingerprint density at radius 3 is 2.71 bits per heavy atom. The van der Waals surface area contributed by atoms with Crippen LogP contribution >= 0.6 is 0 Å². The van der Waals surface area contributed by atoms with E-state index >= 15 is 0 Å². The largest absolute Gasteiger partial charge is 0.496 e. The van der Waals surface area contributed by atoms with Crippen molar-refractivity contribution in [3.05, 3.63) is 59.2 Å². The average molecular weight is 323 g/mol. The highest BCUT2D eigenvalue weighted by atomic mass is 16.5. The van der Waals surface area contributed by atoms with Crippen LogP contribution in [-0.4, -0.2) is 25.3 Å². The number of rotatable bonds is 5. The summed E-state index contributed by atoms with van der Waals surface area (Å²) in [4.78, 5) is 25.9. The summed E-state index contributed by atoms with van der Waals surface area (Å²) in [6.07, 6.45) is 1.89. The molecule has 4 heteroatoms. The van der Waals surface area contributed by atoms with E-state index in [0.29, 0.717) is 24.9 Å². The summed E-state index contributed by atoms with van der Waals surface area (Å²) in [7, 11) is 1.64. The lowest BCUT2D eigenvalue weighted by Gasteiger charge is -2.18. The van der Waals surface area contributed by atoms with Gasteiger partial charge in [0.15, 0.2) is 5.78 Å². The molecule has 0 unspecified atom stereocenters. The normalized spacial score (nSPS) is 12.8. The maximum absolute atomic E-state index is 12.6. The van der Waals surface area contributed by atoms with Gasteiger partial charge in [0.1, 0.15) is 5.75 Å². The van der Waals surface area contributed by atoms with E-state index in [2.05, 4.69) is 0 Å². The lowest BCUT2D eigenvalue weighted by molar-refractivity contribution is -0.118. The van der Waals surface area contributed by atoms with Crippen molar-refractivity contribution in [1.82, 2.24) is 0 Å². The summed E-state index contributed by atoms with van der Waals surface area (Å²) >= 11 is 0. The molecule has 2 aromatic carbocycles. The smallest absolute Gasteiger partial charge is 0.227 e. The molecule has 0 atom stereocenters. The number of fused-ring (bicyclic) bond motifs is 1. The van der Waals surface area contributed by atoms with Gasteiger partial charge in [-0.05, 0) is 55.2 Å². The van der Waals surface area contributed by atoms with E-state index in [1.165, 1.54) is 0 Å². The average Bonchev–Trinajstić information content (AvgIpc) is 3.03. The molecule has 0 N–H and O–H groups in total. The molecule has 0 spiro atoms. The quantitative estimate of drug-likeness (QED) is 0.792. The zero-order valence-corrected chi connectivity index (χ0v) is 14.0. The highest BCUT2D eigenvalue weighted by Crippen LogP contribution is 2.30. The Kier molecular flexibility index (Phi) is 4.65. The first-order chi connectivity index (χ1) is 11.6. The number of carbonyl (C=O) groups is 2. The highest BCUT2D eigenvalue weighted by Gasteiger charge is 2.25. The van der Waals surface area contributed by atoms with Gasteiger partial charge in [0.05, 0.1) is 7.11 Å². The number of para-hydroxylation sites is 1. The van der Waals surface area contributed by atoms with E-state index < -0.39 is 0 Å². The topological polar surface area (TPSA) is 46.6 Å². The van der Waals surface area contributed by atoms with Gasteiger partial charge in [-0.15, -0.1) is 0 Å². The number of hydrogen-bond donors (Lipinski definition) is 0. The number of Topliss-reactive ketones (excluding diaryl/α,β-unsaturated/α-hetero) is 1. The van der Waals surface area contributed by atoms with Crippen LogP contribution in [0.2, 0.25) is 0 Å². The lowest BCUT2D eigenvalue weighted by atomic mass is 10.1. The molecule has 0 saturated heterocycles. The van der Waals surface area contributed by atoms with Gasteiger partial charge in [-0.25, -0.2) is 0 Å². The predicted molar refractivity (Wildman–Crippen MR) is 93.8 cm³/mol. The molecule has 0 aromatic heterocycles. The summed E-state index contributed by atoms with van der Waals surface area (Å²) in [5, 5.41) is 0. The zero-order chi connectivity index (χ0) is 17.1. The number of ether oxygens (including phenoxy) is 1. The molecule has 0 bridgehead atoms. The lowest BCUT2D eigenvalue weighted by Crippen LogP contribution is -2.29. The fourth-order valence-electron chi connectivity index (χ4n) is 3.17. The van der Waals surface area contributed by atoms with Crippen LogP contribution in [0.1, 0.15) is 34.8 Å². The summed E-state index contributed by atoms with van der Waals surface area (Å²) in [6.45, 7) is 2.24. The number of anilines is 1. The molecule has 1 aliphatic rings. The van der Waals surface area contributed by atoms with Crippen molar-refractivity contribution in [2.24, 2.45) is 0 Å². The number of nitrogens with zero attached hydrogens (tertiary/aromatic N) is 1. The fourth-order valence-corrected chi connectivity index (χ4v) is 3.17. The number of hydrogen-bond acceptors (Lipinski definition) is 3. The third-order valence-corrected chi connectivity index (χ3v) is 4.48. The Balaban J connectivity index is 1.71. The van der Waals surface area contributed by atoms with E-state index in [4.69, 9.17) is 4.74 Å². The van der Waals surface area contributed by atoms with Crippen molar-refractivity contribution in [3.63, 3.8) is 0 Å².